The van der Waals surface area contributed by atoms with Crippen LogP contribution in [-0.4, -0.2) is 51.2 Å². The van der Waals surface area contributed by atoms with Gasteiger partial charge in [0.25, 0.3) is 0 Å². The van der Waals surface area contributed by atoms with Crippen LogP contribution in [0.5, 0.6) is 0 Å². The van der Waals surface area contributed by atoms with Crippen molar-refractivity contribution in [2.24, 2.45) is 10.7 Å². The van der Waals surface area contributed by atoms with Gasteiger partial charge in [-0.1, -0.05) is 6.07 Å². The minimum absolute atomic E-state index is 0.183. The van der Waals surface area contributed by atoms with E-state index in [1.54, 1.807) is 18.7 Å². The third kappa shape index (κ3) is 3.25. The number of hydrogen-bond donors (Lipinski definition) is 1. The number of nitrogens with two attached hydrogens (primary N) is 1. The molecule has 0 amide bonds. The maximum Gasteiger partial charge on any atom is 0.191 e. The van der Waals surface area contributed by atoms with E-state index in [4.69, 9.17) is 10.5 Å². The molecular weight excluding hydrogens is 280 g/mol. The first-order valence-electron chi connectivity index (χ1n) is 7.32. The van der Waals surface area contributed by atoms with Gasteiger partial charge >= 0.3 is 0 Å². The van der Waals surface area contributed by atoms with Crippen LogP contribution in [0.1, 0.15) is 12.5 Å². The minimum atomic E-state index is 0.183. The van der Waals surface area contributed by atoms with Crippen molar-refractivity contribution in [3.05, 3.63) is 42.6 Å². The van der Waals surface area contributed by atoms with Crippen molar-refractivity contribution in [2.75, 3.05) is 19.7 Å². The highest BCUT2D eigenvalue weighted by molar-refractivity contribution is 5.78. The standard InChI is InChI=1S/C15H20N6O/c1-12-10-20(7-8-22-12)15(16)19-9-13-3-2-4-18-14(13)21-6-5-17-11-21/h2-6,11-12H,7-10H2,1H3,(H2,16,19). The molecule has 3 rings (SSSR count). The van der Waals surface area contributed by atoms with Crippen molar-refractivity contribution in [3.63, 3.8) is 0 Å². The van der Waals surface area contributed by atoms with Gasteiger partial charge in [0.05, 0.1) is 19.3 Å². The van der Waals surface area contributed by atoms with E-state index in [-0.39, 0.29) is 6.10 Å². The van der Waals surface area contributed by atoms with Crippen molar-refractivity contribution < 1.29 is 4.74 Å². The maximum atomic E-state index is 6.11. The lowest BCUT2D eigenvalue weighted by Gasteiger charge is -2.31. The average Bonchev–Trinajstić information content (AvgIpc) is 3.07. The highest BCUT2D eigenvalue weighted by Gasteiger charge is 2.18. The average molecular weight is 300 g/mol. The molecule has 0 radical (unpaired) electrons. The Bertz CT molecular complexity index is 639. The zero-order valence-corrected chi connectivity index (χ0v) is 12.6. The summed E-state index contributed by atoms with van der Waals surface area (Å²) in [4.78, 5) is 15.0. The molecule has 116 valence electrons. The third-order valence-corrected chi connectivity index (χ3v) is 3.59. The predicted octanol–water partition coefficient (Wildman–Crippen LogP) is 0.803. The molecule has 1 fully saturated rings. The number of aliphatic imine (C=N–C) groups is 1. The van der Waals surface area contributed by atoms with Gasteiger partial charge in [-0.15, -0.1) is 0 Å². The Morgan fingerprint density at radius 2 is 2.41 bits per heavy atom. The van der Waals surface area contributed by atoms with Crippen molar-refractivity contribution in [2.45, 2.75) is 19.6 Å². The SMILES string of the molecule is CC1CN(C(N)=NCc2cccnc2-n2ccnc2)CCO1. The molecule has 0 bridgehead atoms. The molecule has 1 atom stereocenters. The minimum Gasteiger partial charge on any atom is -0.375 e. The number of nitrogens with zero attached hydrogens (tertiary/aromatic N) is 5. The van der Waals surface area contributed by atoms with E-state index < -0.39 is 0 Å². The molecule has 1 unspecified atom stereocenters. The van der Waals surface area contributed by atoms with E-state index in [2.05, 4.69) is 19.9 Å². The molecule has 7 heteroatoms. The Morgan fingerprint density at radius 1 is 1.50 bits per heavy atom. The van der Waals surface area contributed by atoms with Gasteiger partial charge in [-0.2, -0.15) is 0 Å². The number of rotatable bonds is 3. The molecule has 0 aromatic carbocycles. The van der Waals surface area contributed by atoms with Crippen molar-refractivity contribution >= 4 is 5.96 Å². The maximum absolute atomic E-state index is 6.11. The molecule has 2 N–H and O–H groups in total. The zero-order chi connectivity index (χ0) is 15.4. The number of pyridine rings is 1. The Morgan fingerprint density at radius 3 is 3.18 bits per heavy atom. The third-order valence-electron chi connectivity index (χ3n) is 3.59. The van der Waals surface area contributed by atoms with Gasteiger partial charge in [-0.3, -0.25) is 4.57 Å². The summed E-state index contributed by atoms with van der Waals surface area (Å²) in [6, 6.07) is 3.90. The van der Waals surface area contributed by atoms with Gasteiger partial charge in [-0.25, -0.2) is 15.0 Å². The number of morpholine rings is 1. The summed E-state index contributed by atoms with van der Waals surface area (Å²) in [7, 11) is 0. The fourth-order valence-electron chi connectivity index (χ4n) is 2.46. The lowest BCUT2D eigenvalue weighted by molar-refractivity contribution is 0.00528. The topological polar surface area (TPSA) is 81.6 Å². The molecule has 1 aliphatic heterocycles. The van der Waals surface area contributed by atoms with Crippen LogP contribution in [0.15, 0.2) is 42.0 Å². The number of guanidine groups is 1. The summed E-state index contributed by atoms with van der Waals surface area (Å²) < 4.78 is 7.39. The van der Waals surface area contributed by atoms with E-state index in [0.717, 1.165) is 24.5 Å². The van der Waals surface area contributed by atoms with Crippen LogP contribution in [0.4, 0.5) is 0 Å². The largest absolute Gasteiger partial charge is 0.375 e. The van der Waals surface area contributed by atoms with Crippen LogP contribution in [0, 0.1) is 0 Å². The number of hydrogen-bond acceptors (Lipinski definition) is 4. The Labute approximate surface area is 129 Å². The highest BCUT2D eigenvalue weighted by Crippen LogP contribution is 2.12. The first-order chi connectivity index (χ1) is 10.7. The van der Waals surface area contributed by atoms with Gasteiger partial charge < -0.3 is 15.4 Å². The smallest absolute Gasteiger partial charge is 0.191 e. The lowest BCUT2D eigenvalue weighted by Crippen LogP contribution is -2.47. The number of aromatic nitrogens is 3. The van der Waals surface area contributed by atoms with Crippen molar-refractivity contribution in [1.82, 2.24) is 19.4 Å². The summed E-state index contributed by atoms with van der Waals surface area (Å²) in [6.45, 7) is 4.76. The van der Waals surface area contributed by atoms with Crippen LogP contribution in [0.2, 0.25) is 0 Å². The monoisotopic (exact) mass is 300 g/mol. The molecule has 22 heavy (non-hydrogen) atoms. The second kappa shape index (κ2) is 6.57. The van der Waals surface area contributed by atoms with E-state index >= 15 is 0 Å². The quantitative estimate of drug-likeness (QED) is 0.670. The fraction of sp³-hybridized carbons (Fsp3) is 0.400. The van der Waals surface area contributed by atoms with Crippen LogP contribution in [-0.2, 0) is 11.3 Å². The van der Waals surface area contributed by atoms with Gasteiger partial charge in [0.15, 0.2) is 5.96 Å². The molecule has 7 nitrogen and oxygen atoms in total. The first kappa shape index (κ1) is 14.5. The van der Waals surface area contributed by atoms with Gasteiger partial charge in [0, 0.05) is 37.2 Å². The van der Waals surface area contributed by atoms with Gasteiger partial charge in [-0.05, 0) is 13.0 Å². The summed E-state index contributed by atoms with van der Waals surface area (Å²) in [5, 5.41) is 0. The van der Waals surface area contributed by atoms with Crippen LogP contribution in [0.25, 0.3) is 5.82 Å². The zero-order valence-electron chi connectivity index (χ0n) is 12.6. The summed E-state index contributed by atoms with van der Waals surface area (Å²) in [5.41, 5.74) is 7.11. The van der Waals surface area contributed by atoms with E-state index in [1.807, 2.05) is 29.8 Å². The fourth-order valence-corrected chi connectivity index (χ4v) is 2.46. The normalized spacial score (nSPS) is 19.4. The predicted molar refractivity (Wildman–Crippen MR) is 83.7 cm³/mol. The molecule has 0 aliphatic carbocycles. The summed E-state index contributed by atoms with van der Waals surface area (Å²) in [5.74, 6) is 1.38. The highest BCUT2D eigenvalue weighted by atomic mass is 16.5. The summed E-state index contributed by atoms with van der Waals surface area (Å²) in [6.07, 6.45) is 7.26. The van der Waals surface area contributed by atoms with Crippen LogP contribution in [0.3, 0.4) is 0 Å². The van der Waals surface area contributed by atoms with Crippen LogP contribution < -0.4 is 5.73 Å². The molecule has 2 aromatic rings. The lowest BCUT2D eigenvalue weighted by atomic mass is 10.2. The van der Waals surface area contributed by atoms with Gasteiger partial charge in [0.2, 0.25) is 0 Å². The number of imidazole rings is 1. The molecule has 1 saturated heterocycles. The molecule has 0 saturated carbocycles. The Balaban J connectivity index is 1.75. The Kier molecular flexibility index (Phi) is 4.34. The van der Waals surface area contributed by atoms with Crippen molar-refractivity contribution in [1.29, 1.82) is 0 Å². The van der Waals surface area contributed by atoms with Crippen molar-refractivity contribution in [3.8, 4) is 5.82 Å². The van der Waals surface area contributed by atoms with E-state index in [1.165, 1.54) is 0 Å². The molecule has 3 heterocycles. The second-order valence-corrected chi connectivity index (χ2v) is 5.26. The molecule has 0 spiro atoms. The Hall–Kier alpha value is -2.41. The summed E-state index contributed by atoms with van der Waals surface area (Å²) >= 11 is 0. The molecule has 2 aromatic heterocycles. The van der Waals surface area contributed by atoms with Crippen LogP contribution >= 0.6 is 0 Å². The van der Waals surface area contributed by atoms with Gasteiger partial charge in [0.1, 0.15) is 12.1 Å². The molecular formula is C15H20N6O. The van der Waals surface area contributed by atoms with E-state index in [9.17, 15) is 0 Å². The first-order valence-corrected chi connectivity index (χ1v) is 7.32. The number of ether oxygens (including phenoxy) is 1. The second-order valence-electron chi connectivity index (χ2n) is 5.26. The molecule has 1 aliphatic rings. The van der Waals surface area contributed by atoms with E-state index in [0.29, 0.717) is 19.1 Å².